The minimum Gasteiger partial charge on any atom is -0.351 e. The Bertz CT molecular complexity index is 962. The average Bonchev–Trinajstić information content (AvgIpc) is 3.29. The Hall–Kier alpha value is -2.96. The van der Waals surface area contributed by atoms with Crippen molar-refractivity contribution in [2.24, 2.45) is 7.05 Å². The number of likely N-dealkylation sites (tertiary alicyclic amines) is 1. The summed E-state index contributed by atoms with van der Waals surface area (Å²) in [6.07, 6.45) is 3.06. The van der Waals surface area contributed by atoms with Gasteiger partial charge in [-0.25, -0.2) is 4.98 Å². The molecule has 1 aromatic carbocycles. The summed E-state index contributed by atoms with van der Waals surface area (Å²) in [7, 11) is 1.70. The molecule has 0 bridgehead atoms. The van der Waals surface area contributed by atoms with Gasteiger partial charge in [0.25, 0.3) is 11.5 Å². The smallest absolute Gasteiger partial charge is 0.293 e. The van der Waals surface area contributed by atoms with Gasteiger partial charge in [0.2, 0.25) is 5.76 Å². The van der Waals surface area contributed by atoms with Crippen LogP contribution in [-0.2, 0) is 7.05 Å². The number of hydrogen-bond acceptors (Lipinski definition) is 5. The van der Waals surface area contributed by atoms with E-state index in [4.69, 9.17) is 4.52 Å². The van der Waals surface area contributed by atoms with Gasteiger partial charge in [-0.2, -0.15) is 0 Å². The Morgan fingerprint density at radius 2 is 2.12 bits per heavy atom. The van der Waals surface area contributed by atoms with E-state index in [-0.39, 0.29) is 23.3 Å². The molecular weight excluding hydrogens is 308 g/mol. The molecule has 4 rings (SSSR count). The van der Waals surface area contributed by atoms with Crippen LogP contribution in [0.5, 0.6) is 0 Å². The van der Waals surface area contributed by atoms with E-state index in [1.165, 1.54) is 6.20 Å². The molecule has 1 aliphatic heterocycles. The first-order valence-electron chi connectivity index (χ1n) is 7.84. The molecule has 1 unspecified atom stereocenters. The molecule has 0 spiro atoms. The number of nitrogens with zero attached hydrogens (tertiary/aromatic N) is 4. The number of rotatable bonds is 2. The van der Waals surface area contributed by atoms with E-state index in [9.17, 15) is 9.59 Å². The number of carbonyl (C=O) groups is 1. The van der Waals surface area contributed by atoms with Crippen LogP contribution in [0.2, 0.25) is 0 Å². The normalized spacial score (nSPS) is 17.5. The molecule has 24 heavy (non-hydrogen) atoms. The van der Waals surface area contributed by atoms with Gasteiger partial charge in [-0.1, -0.05) is 17.3 Å². The van der Waals surface area contributed by atoms with E-state index < -0.39 is 0 Å². The number of aromatic nitrogens is 3. The fraction of sp³-hybridized carbons (Fsp3) is 0.294. The standard InChI is InChI=1S/C17H16N4O3/c1-20-15(19-12-6-3-2-5-11(12)16(20)22)13-7-4-10-21(13)17(23)14-8-9-18-24-14/h2-3,5-6,8-9,13H,4,7,10H2,1H3. The molecule has 122 valence electrons. The Labute approximate surface area is 137 Å². The number of carbonyl (C=O) groups excluding carboxylic acids is 1. The van der Waals surface area contributed by atoms with Crippen molar-refractivity contribution in [3.8, 4) is 0 Å². The van der Waals surface area contributed by atoms with Crippen LogP contribution in [0, 0.1) is 0 Å². The van der Waals surface area contributed by atoms with Crippen molar-refractivity contribution < 1.29 is 9.32 Å². The minimum atomic E-state index is -0.245. The van der Waals surface area contributed by atoms with Crippen molar-refractivity contribution in [3.05, 3.63) is 58.5 Å². The van der Waals surface area contributed by atoms with E-state index in [1.54, 1.807) is 28.6 Å². The van der Waals surface area contributed by atoms with Crippen LogP contribution in [0.4, 0.5) is 0 Å². The Morgan fingerprint density at radius 1 is 1.29 bits per heavy atom. The summed E-state index contributed by atoms with van der Waals surface area (Å²) in [4.78, 5) is 31.6. The molecule has 0 radical (unpaired) electrons. The predicted molar refractivity (Wildman–Crippen MR) is 86.5 cm³/mol. The van der Waals surface area contributed by atoms with Crippen LogP contribution >= 0.6 is 0 Å². The molecule has 1 aliphatic rings. The highest BCUT2D eigenvalue weighted by molar-refractivity contribution is 5.91. The number of amides is 1. The van der Waals surface area contributed by atoms with E-state index in [0.29, 0.717) is 23.3 Å². The van der Waals surface area contributed by atoms with Crippen LogP contribution in [-0.4, -0.2) is 32.1 Å². The van der Waals surface area contributed by atoms with Crippen molar-refractivity contribution in [2.45, 2.75) is 18.9 Å². The lowest BCUT2D eigenvalue weighted by Crippen LogP contribution is -2.34. The third-order valence-corrected chi connectivity index (χ3v) is 4.48. The first kappa shape index (κ1) is 14.6. The molecule has 1 saturated heterocycles. The summed E-state index contributed by atoms with van der Waals surface area (Å²) in [6.45, 7) is 0.604. The highest BCUT2D eigenvalue weighted by Gasteiger charge is 2.34. The maximum absolute atomic E-state index is 12.6. The quantitative estimate of drug-likeness (QED) is 0.719. The van der Waals surface area contributed by atoms with Gasteiger partial charge in [-0.3, -0.25) is 14.2 Å². The first-order chi connectivity index (χ1) is 11.7. The Morgan fingerprint density at radius 3 is 2.92 bits per heavy atom. The van der Waals surface area contributed by atoms with E-state index in [2.05, 4.69) is 10.1 Å². The maximum Gasteiger partial charge on any atom is 0.293 e. The highest BCUT2D eigenvalue weighted by atomic mass is 16.5. The zero-order chi connectivity index (χ0) is 16.7. The molecule has 0 N–H and O–H groups in total. The lowest BCUT2D eigenvalue weighted by molar-refractivity contribution is 0.0685. The van der Waals surface area contributed by atoms with Crippen molar-refractivity contribution >= 4 is 16.8 Å². The minimum absolute atomic E-state index is 0.102. The maximum atomic E-state index is 12.6. The zero-order valence-electron chi connectivity index (χ0n) is 13.2. The van der Waals surface area contributed by atoms with Gasteiger partial charge < -0.3 is 9.42 Å². The van der Waals surface area contributed by atoms with Crippen LogP contribution in [0.25, 0.3) is 10.9 Å². The van der Waals surface area contributed by atoms with Gasteiger partial charge in [-0.05, 0) is 25.0 Å². The fourth-order valence-electron chi connectivity index (χ4n) is 3.28. The van der Waals surface area contributed by atoms with Gasteiger partial charge in [-0.15, -0.1) is 0 Å². The van der Waals surface area contributed by atoms with Crippen molar-refractivity contribution in [1.29, 1.82) is 0 Å². The lowest BCUT2D eigenvalue weighted by atomic mass is 10.1. The summed E-state index contributed by atoms with van der Waals surface area (Å²) in [6, 6.07) is 8.55. The van der Waals surface area contributed by atoms with Crippen molar-refractivity contribution in [1.82, 2.24) is 19.6 Å². The molecule has 1 fully saturated rings. The molecule has 1 amide bonds. The predicted octanol–water partition coefficient (Wildman–Crippen LogP) is 1.90. The van der Waals surface area contributed by atoms with E-state index in [1.807, 2.05) is 18.2 Å². The van der Waals surface area contributed by atoms with Crippen LogP contribution in [0.15, 0.2) is 45.8 Å². The topological polar surface area (TPSA) is 81.2 Å². The van der Waals surface area contributed by atoms with Gasteiger partial charge in [0.15, 0.2) is 0 Å². The third kappa shape index (κ3) is 2.20. The molecule has 3 aromatic rings. The average molecular weight is 324 g/mol. The molecule has 7 nitrogen and oxygen atoms in total. The second kappa shape index (κ2) is 5.59. The number of benzene rings is 1. The van der Waals surface area contributed by atoms with Crippen molar-refractivity contribution in [2.75, 3.05) is 6.54 Å². The molecule has 1 atom stereocenters. The van der Waals surface area contributed by atoms with Crippen LogP contribution in [0.3, 0.4) is 0 Å². The number of para-hydroxylation sites is 1. The van der Waals surface area contributed by atoms with Gasteiger partial charge >= 0.3 is 0 Å². The molecular formula is C17H16N4O3. The van der Waals surface area contributed by atoms with E-state index in [0.717, 1.165) is 12.8 Å². The van der Waals surface area contributed by atoms with Gasteiger partial charge in [0.05, 0.1) is 23.1 Å². The van der Waals surface area contributed by atoms with Crippen LogP contribution < -0.4 is 5.56 Å². The van der Waals surface area contributed by atoms with Crippen molar-refractivity contribution in [3.63, 3.8) is 0 Å². The summed E-state index contributed by atoms with van der Waals surface area (Å²) in [5.41, 5.74) is 0.545. The second-order valence-electron chi connectivity index (χ2n) is 5.88. The third-order valence-electron chi connectivity index (χ3n) is 4.48. The summed E-state index contributed by atoms with van der Waals surface area (Å²) in [5, 5.41) is 4.17. The highest BCUT2D eigenvalue weighted by Crippen LogP contribution is 2.32. The Balaban J connectivity index is 1.80. The molecule has 7 heteroatoms. The summed E-state index contributed by atoms with van der Waals surface area (Å²) in [5.74, 6) is 0.578. The summed E-state index contributed by atoms with van der Waals surface area (Å²) >= 11 is 0. The summed E-state index contributed by atoms with van der Waals surface area (Å²) < 4.78 is 6.53. The largest absolute Gasteiger partial charge is 0.351 e. The zero-order valence-corrected chi connectivity index (χ0v) is 13.2. The SMILES string of the molecule is Cn1c(C2CCCN2C(=O)c2ccno2)nc2ccccc2c1=O. The molecule has 0 aliphatic carbocycles. The molecule has 0 saturated carbocycles. The molecule has 2 aromatic heterocycles. The second-order valence-corrected chi connectivity index (χ2v) is 5.88. The fourth-order valence-corrected chi connectivity index (χ4v) is 3.28. The van der Waals surface area contributed by atoms with Gasteiger partial charge in [0, 0.05) is 19.7 Å². The lowest BCUT2D eigenvalue weighted by Gasteiger charge is -2.24. The number of hydrogen-bond donors (Lipinski definition) is 0. The monoisotopic (exact) mass is 324 g/mol. The number of fused-ring (bicyclic) bond motifs is 1. The van der Waals surface area contributed by atoms with Crippen LogP contribution in [0.1, 0.15) is 35.3 Å². The molecule has 3 heterocycles. The first-order valence-corrected chi connectivity index (χ1v) is 7.84. The van der Waals surface area contributed by atoms with E-state index >= 15 is 0 Å². The Kier molecular flexibility index (Phi) is 3.41. The van der Waals surface area contributed by atoms with Gasteiger partial charge in [0.1, 0.15) is 5.82 Å².